The standard InChI is InChI=1S/C14H12Br2N2O2/c1-9-2-4-11(6-13(9)15)17-8-10-3-5-12(18(19)20)7-14(10)16/h2-7,17H,8H2,1H3. The summed E-state index contributed by atoms with van der Waals surface area (Å²) in [5, 5.41) is 14.0. The van der Waals surface area contributed by atoms with Crippen LogP contribution in [0.4, 0.5) is 11.4 Å². The molecule has 0 fully saturated rings. The van der Waals surface area contributed by atoms with Crippen molar-refractivity contribution in [1.29, 1.82) is 0 Å². The van der Waals surface area contributed by atoms with Crippen LogP contribution in [0.15, 0.2) is 45.3 Å². The van der Waals surface area contributed by atoms with Gasteiger partial charge in [-0.1, -0.05) is 37.9 Å². The molecular weight excluding hydrogens is 388 g/mol. The van der Waals surface area contributed by atoms with Crippen molar-refractivity contribution in [3.05, 3.63) is 66.6 Å². The lowest BCUT2D eigenvalue weighted by atomic mass is 10.2. The van der Waals surface area contributed by atoms with Crippen LogP contribution in [-0.2, 0) is 6.54 Å². The van der Waals surface area contributed by atoms with E-state index < -0.39 is 4.92 Å². The van der Waals surface area contributed by atoms with Crippen LogP contribution >= 0.6 is 31.9 Å². The molecule has 0 aliphatic carbocycles. The number of nitro benzene ring substituents is 1. The van der Waals surface area contributed by atoms with Gasteiger partial charge in [0, 0.05) is 33.3 Å². The van der Waals surface area contributed by atoms with Gasteiger partial charge in [-0.25, -0.2) is 0 Å². The third-order valence-electron chi connectivity index (χ3n) is 2.90. The number of anilines is 1. The number of nitrogens with one attached hydrogen (secondary N) is 1. The highest BCUT2D eigenvalue weighted by molar-refractivity contribution is 9.10. The molecule has 0 saturated carbocycles. The Hall–Kier alpha value is -1.40. The molecule has 20 heavy (non-hydrogen) atoms. The van der Waals surface area contributed by atoms with E-state index in [-0.39, 0.29) is 5.69 Å². The SMILES string of the molecule is Cc1ccc(NCc2ccc([N+](=O)[O-])cc2Br)cc1Br. The van der Waals surface area contributed by atoms with Gasteiger partial charge in [-0.3, -0.25) is 10.1 Å². The fourth-order valence-electron chi connectivity index (χ4n) is 1.69. The van der Waals surface area contributed by atoms with Gasteiger partial charge in [0.05, 0.1) is 4.92 Å². The van der Waals surface area contributed by atoms with Crippen molar-refractivity contribution in [1.82, 2.24) is 0 Å². The van der Waals surface area contributed by atoms with Crippen molar-refractivity contribution in [2.24, 2.45) is 0 Å². The number of rotatable bonds is 4. The maximum Gasteiger partial charge on any atom is 0.270 e. The maximum atomic E-state index is 10.7. The topological polar surface area (TPSA) is 55.2 Å². The fraction of sp³-hybridized carbons (Fsp3) is 0.143. The number of hydrogen-bond acceptors (Lipinski definition) is 3. The van der Waals surface area contributed by atoms with Gasteiger partial charge in [-0.05, 0) is 36.2 Å². The van der Waals surface area contributed by atoms with Crippen LogP contribution in [-0.4, -0.2) is 4.92 Å². The molecule has 0 amide bonds. The van der Waals surface area contributed by atoms with Crippen molar-refractivity contribution in [2.75, 3.05) is 5.32 Å². The smallest absolute Gasteiger partial charge is 0.270 e. The first kappa shape index (κ1) is 15.0. The number of hydrogen-bond donors (Lipinski definition) is 1. The van der Waals surface area contributed by atoms with Crippen molar-refractivity contribution < 1.29 is 4.92 Å². The van der Waals surface area contributed by atoms with E-state index >= 15 is 0 Å². The van der Waals surface area contributed by atoms with Gasteiger partial charge in [0.1, 0.15) is 0 Å². The van der Waals surface area contributed by atoms with Crippen LogP contribution in [0.5, 0.6) is 0 Å². The van der Waals surface area contributed by atoms with Crippen LogP contribution in [0.2, 0.25) is 0 Å². The van der Waals surface area contributed by atoms with Gasteiger partial charge in [0.25, 0.3) is 5.69 Å². The molecule has 0 saturated heterocycles. The highest BCUT2D eigenvalue weighted by Crippen LogP contribution is 2.25. The van der Waals surface area contributed by atoms with E-state index in [2.05, 4.69) is 37.2 Å². The van der Waals surface area contributed by atoms with Gasteiger partial charge in [-0.2, -0.15) is 0 Å². The van der Waals surface area contributed by atoms with Crippen molar-refractivity contribution in [3.63, 3.8) is 0 Å². The lowest BCUT2D eigenvalue weighted by Crippen LogP contribution is -2.01. The third kappa shape index (κ3) is 3.58. The minimum Gasteiger partial charge on any atom is -0.381 e. The Balaban J connectivity index is 2.10. The van der Waals surface area contributed by atoms with Crippen LogP contribution in [0.25, 0.3) is 0 Å². The molecule has 0 bridgehead atoms. The highest BCUT2D eigenvalue weighted by atomic mass is 79.9. The first-order valence-electron chi connectivity index (χ1n) is 5.90. The second-order valence-corrected chi connectivity index (χ2v) is 6.06. The van der Waals surface area contributed by atoms with E-state index in [1.807, 2.05) is 25.1 Å². The second kappa shape index (κ2) is 6.37. The fourth-order valence-corrected chi connectivity index (χ4v) is 2.58. The molecule has 4 nitrogen and oxygen atoms in total. The number of non-ortho nitro benzene ring substituents is 1. The third-order valence-corrected chi connectivity index (χ3v) is 4.49. The number of nitrogens with zero attached hydrogens (tertiary/aromatic N) is 1. The summed E-state index contributed by atoms with van der Waals surface area (Å²) in [7, 11) is 0. The Morgan fingerprint density at radius 1 is 1.15 bits per heavy atom. The largest absolute Gasteiger partial charge is 0.381 e. The van der Waals surface area contributed by atoms with Gasteiger partial charge < -0.3 is 5.32 Å². The minimum absolute atomic E-state index is 0.0821. The summed E-state index contributed by atoms with van der Waals surface area (Å²) in [6, 6.07) is 10.8. The predicted molar refractivity (Wildman–Crippen MR) is 87.0 cm³/mol. The maximum absolute atomic E-state index is 10.7. The van der Waals surface area contributed by atoms with E-state index in [9.17, 15) is 10.1 Å². The Labute approximate surface area is 133 Å². The first-order chi connectivity index (χ1) is 9.47. The monoisotopic (exact) mass is 398 g/mol. The molecular formula is C14H12Br2N2O2. The number of nitro groups is 1. The summed E-state index contributed by atoms with van der Waals surface area (Å²) >= 11 is 6.85. The Morgan fingerprint density at radius 3 is 2.50 bits per heavy atom. The van der Waals surface area contributed by atoms with Crippen LogP contribution in [0, 0.1) is 17.0 Å². The van der Waals surface area contributed by atoms with Crippen LogP contribution in [0.1, 0.15) is 11.1 Å². The zero-order valence-electron chi connectivity index (χ0n) is 10.7. The second-order valence-electron chi connectivity index (χ2n) is 4.35. The zero-order valence-corrected chi connectivity index (χ0v) is 13.9. The molecule has 1 N–H and O–H groups in total. The van der Waals surface area contributed by atoms with E-state index in [0.717, 1.165) is 20.2 Å². The van der Waals surface area contributed by atoms with E-state index in [4.69, 9.17) is 0 Å². The quantitative estimate of drug-likeness (QED) is 0.578. The first-order valence-corrected chi connectivity index (χ1v) is 7.49. The lowest BCUT2D eigenvalue weighted by molar-refractivity contribution is -0.384. The van der Waals surface area contributed by atoms with E-state index in [0.29, 0.717) is 6.54 Å². The van der Waals surface area contributed by atoms with E-state index in [1.54, 1.807) is 6.07 Å². The Morgan fingerprint density at radius 2 is 1.90 bits per heavy atom. The minimum atomic E-state index is -0.404. The number of halogens is 2. The molecule has 104 valence electrons. The number of benzene rings is 2. The summed E-state index contributed by atoms with van der Waals surface area (Å²) < 4.78 is 1.77. The molecule has 0 atom stereocenters. The normalized spacial score (nSPS) is 10.3. The van der Waals surface area contributed by atoms with Crippen LogP contribution < -0.4 is 5.32 Å². The molecule has 6 heteroatoms. The summed E-state index contributed by atoms with van der Waals surface area (Å²) in [5.41, 5.74) is 3.21. The summed E-state index contributed by atoms with van der Waals surface area (Å²) in [6.07, 6.45) is 0. The number of aryl methyl sites for hydroxylation is 1. The van der Waals surface area contributed by atoms with Gasteiger partial charge in [0.15, 0.2) is 0 Å². The molecule has 2 rings (SSSR count). The molecule has 0 unspecified atom stereocenters. The van der Waals surface area contributed by atoms with Gasteiger partial charge in [0.2, 0.25) is 0 Å². The summed E-state index contributed by atoms with van der Waals surface area (Å²) in [4.78, 5) is 10.3. The van der Waals surface area contributed by atoms with Crippen LogP contribution in [0.3, 0.4) is 0 Å². The zero-order chi connectivity index (χ0) is 14.7. The molecule has 0 aromatic heterocycles. The van der Waals surface area contributed by atoms with Crippen molar-refractivity contribution >= 4 is 43.2 Å². The summed E-state index contributed by atoms with van der Waals surface area (Å²) in [6.45, 7) is 2.62. The molecule has 0 radical (unpaired) electrons. The van der Waals surface area contributed by atoms with Crippen molar-refractivity contribution in [3.8, 4) is 0 Å². The highest BCUT2D eigenvalue weighted by Gasteiger charge is 2.09. The lowest BCUT2D eigenvalue weighted by Gasteiger charge is -2.09. The molecule has 2 aromatic rings. The molecule has 2 aromatic carbocycles. The Kier molecular flexibility index (Phi) is 4.77. The predicted octanol–water partition coefficient (Wildman–Crippen LogP) is 5.04. The van der Waals surface area contributed by atoms with E-state index in [1.165, 1.54) is 17.7 Å². The summed E-state index contributed by atoms with van der Waals surface area (Å²) in [5.74, 6) is 0. The van der Waals surface area contributed by atoms with Gasteiger partial charge in [-0.15, -0.1) is 0 Å². The average molecular weight is 400 g/mol. The van der Waals surface area contributed by atoms with Gasteiger partial charge >= 0.3 is 0 Å². The average Bonchev–Trinajstić information content (AvgIpc) is 2.41. The molecule has 0 aliphatic heterocycles. The Bertz CT molecular complexity index is 660. The molecule has 0 aliphatic rings. The van der Waals surface area contributed by atoms with Crippen molar-refractivity contribution in [2.45, 2.75) is 13.5 Å². The molecule has 0 spiro atoms. The molecule has 0 heterocycles.